The molecule has 0 saturated carbocycles. The molecule has 5 nitrogen and oxygen atoms in total. The van der Waals surface area contributed by atoms with Gasteiger partial charge >= 0.3 is 0 Å². The number of carbonyl (C=O) groups excluding carboxylic acids is 1. The van der Waals surface area contributed by atoms with Crippen LogP contribution in [0.4, 0.5) is 0 Å². The van der Waals surface area contributed by atoms with E-state index in [1.165, 1.54) is 0 Å². The van der Waals surface area contributed by atoms with Crippen LogP contribution in [0.15, 0.2) is 0 Å². The van der Waals surface area contributed by atoms with Crippen molar-refractivity contribution in [3.8, 4) is 0 Å². The maximum absolute atomic E-state index is 11.5. The Morgan fingerprint density at radius 1 is 1.47 bits per heavy atom. The fourth-order valence-corrected chi connectivity index (χ4v) is 1.29. The zero-order chi connectivity index (χ0) is 13.3. The normalized spacial score (nSPS) is 11.9. The molecule has 0 aromatic rings. The van der Waals surface area contributed by atoms with Crippen LogP contribution in [0.1, 0.15) is 26.7 Å². The minimum Gasteiger partial charge on any atom is -0.390 e. The zero-order valence-corrected chi connectivity index (χ0v) is 11.5. The molecule has 0 fully saturated rings. The first kappa shape index (κ1) is 16.4. The number of aliphatic hydroxyl groups is 1. The van der Waals surface area contributed by atoms with Gasteiger partial charge < -0.3 is 15.2 Å². The van der Waals surface area contributed by atoms with Crippen molar-refractivity contribution in [2.45, 2.75) is 32.3 Å². The Morgan fingerprint density at radius 3 is 2.65 bits per heavy atom. The van der Waals surface area contributed by atoms with Crippen LogP contribution >= 0.6 is 0 Å². The standard InChI is InChI=1S/C12H26N2O3/c1-12(2,16)6-8-14(3)10-11(15)13-7-5-9-17-4/h16H,5-10H2,1-4H3,(H,13,15). The molecular formula is C12H26N2O3. The van der Waals surface area contributed by atoms with E-state index in [1.54, 1.807) is 21.0 Å². The summed E-state index contributed by atoms with van der Waals surface area (Å²) in [5.74, 6) is 0.0133. The van der Waals surface area contributed by atoms with E-state index in [4.69, 9.17) is 4.74 Å². The Bertz CT molecular complexity index is 214. The van der Waals surface area contributed by atoms with Crippen LogP contribution in [0, 0.1) is 0 Å². The lowest BCUT2D eigenvalue weighted by Crippen LogP contribution is -2.37. The smallest absolute Gasteiger partial charge is 0.234 e. The zero-order valence-electron chi connectivity index (χ0n) is 11.5. The minimum absolute atomic E-state index is 0.0133. The number of methoxy groups -OCH3 is 1. The van der Waals surface area contributed by atoms with Gasteiger partial charge in [-0.25, -0.2) is 0 Å². The van der Waals surface area contributed by atoms with Gasteiger partial charge in [0, 0.05) is 26.8 Å². The number of amides is 1. The summed E-state index contributed by atoms with van der Waals surface area (Å²) in [5, 5.41) is 12.4. The second kappa shape index (κ2) is 8.44. The van der Waals surface area contributed by atoms with Crippen molar-refractivity contribution in [1.29, 1.82) is 0 Å². The van der Waals surface area contributed by atoms with E-state index in [2.05, 4.69) is 5.32 Å². The Hall–Kier alpha value is -0.650. The lowest BCUT2D eigenvalue weighted by Gasteiger charge is -2.22. The summed E-state index contributed by atoms with van der Waals surface area (Å²) in [6, 6.07) is 0. The first-order chi connectivity index (χ1) is 7.85. The molecule has 0 aliphatic heterocycles. The highest BCUT2D eigenvalue weighted by Gasteiger charge is 2.14. The van der Waals surface area contributed by atoms with Gasteiger partial charge in [-0.2, -0.15) is 0 Å². The van der Waals surface area contributed by atoms with Crippen LogP contribution in [0.2, 0.25) is 0 Å². The first-order valence-electron chi connectivity index (χ1n) is 6.01. The number of likely N-dealkylation sites (N-methyl/N-ethyl adjacent to an activating group) is 1. The van der Waals surface area contributed by atoms with E-state index in [9.17, 15) is 9.90 Å². The maximum Gasteiger partial charge on any atom is 0.234 e. The molecule has 0 heterocycles. The summed E-state index contributed by atoms with van der Waals surface area (Å²) in [4.78, 5) is 13.4. The van der Waals surface area contributed by atoms with E-state index in [0.29, 0.717) is 32.7 Å². The molecule has 17 heavy (non-hydrogen) atoms. The van der Waals surface area contributed by atoms with E-state index >= 15 is 0 Å². The molecule has 0 aliphatic carbocycles. The van der Waals surface area contributed by atoms with Gasteiger partial charge in [-0.3, -0.25) is 9.69 Å². The number of rotatable bonds is 9. The summed E-state index contributed by atoms with van der Waals surface area (Å²) < 4.78 is 4.89. The van der Waals surface area contributed by atoms with Crippen LogP contribution in [-0.2, 0) is 9.53 Å². The average molecular weight is 246 g/mol. The van der Waals surface area contributed by atoms with Gasteiger partial charge in [-0.05, 0) is 33.7 Å². The fourth-order valence-electron chi connectivity index (χ4n) is 1.29. The summed E-state index contributed by atoms with van der Waals surface area (Å²) >= 11 is 0. The van der Waals surface area contributed by atoms with Crippen LogP contribution < -0.4 is 5.32 Å². The van der Waals surface area contributed by atoms with Gasteiger partial charge in [0.2, 0.25) is 5.91 Å². The average Bonchev–Trinajstić information content (AvgIpc) is 2.21. The van der Waals surface area contributed by atoms with Crippen molar-refractivity contribution in [3.63, 3.8) is 0 Å². The predicted molar refractivity (Wildman–Crippen MR) is 67.9 cm³/mol. The van der Waals surface area contributed by atoms with E-state index in [0.717, 1.165) is 6.42 Å². The molecule has 2 N–H and O–H groups in total. The van der Waals surface area contributed by atoms with Crippen molar-refractivity contribution in [2.24, 2.45) is 0 Å². The Balaban J connectivity index is 3.59. The third-order valence-corrected chi connectivity index (χ3v) is 2.37. The molecule has 0 saturated heterocycles. The highest BCUT2D eigenvalue weighted by atomic mass is 16.5. The van der Waals surface area contributed by atoms with Crippen molar-refractivity contribution >= 4 is 5.91 Å². The first-order valence-corrected chi connectivity index (χ1v) is 6.01. The molecule has 0 unspecified atom stereocenters. The molecule has 0 aromatic heterocycles. The van der Waals surface area contributed by atoms with Crippen molar-refractivity contribution in [1.82, 2.24) is 10.2 Å². The quantitative estimate of drug-likeness (QED) is 0.572. The summed E-state index contributed by atoms with van der Waals surface area (Å²) in [5.41, 5.74) is -0.677. The summed E-state index contributed by atoms with van der Waals surface area (Å²) in [7, 11) is 3.52. The Morgan fingerprint density at radius 2 is 2.12 bits per heavy atom. The number of hydrogen-bond acceptors (Lipinski definition) is 4. The maximum atomic E-state index is 11.5. The molecule has 102 valence electrons. The second-order valence-electron chi connectivity index (χ2n) is 5.00. The number of ether oxygens (including phenoxy) is 1. The Labute approximate surface area is 104 Å². The number of hydrogen-bond donors (Lipinski definition) is 2. The monoisotopic (exact) mass is 246 g/mol. The van der Waals surface area contributed by atoms with Gasteiger partial charge in [0.05, 0.1) is 12.1 Å². The molecule has 0 aromatic carbocycles. The third-order valence-electron chi connectivity index (χ3n) is 2.37. The molecule has 0 spiro atoms. The number of nitrogens with zero attached hydrogens (tertiary/aromatic N) is 1. The van der Waals surface area contributed by atoms with E-state index in [-0.39, 0.29) is 5.91 Å². The minimum atomic E-state index is -0.677. The van der Waals surface area contributed by atoms with Gasteiger partial charge in [-0.1, -0.05) is 0 Å². The SMILES string of the molecule is COCCCNC(=O)CN(C)CCC(C)(C)O. The largest absolute Gasteiger partial charge is 0.390 e. The van der Waals surface area contributed by atoms with Gasteiger partial charge in [0.15, 0.2) is 0 Å². The summed E-state index contributed by atoms with van der Waals surface area (Å²) in [6.07, 6.45) is 1.48. The van der Waals surface area contributed by atoms with E-state index in [1.807, 2.05) is 11.9 Å². The molecule has 5 heteroatoms. The van der Waals surface area contributed by atoms with Crippen molar-refractivity contribution < 1.29 is 14.6 Å². The molecular weight excluding hydrogens is 220 g/mol. The van der Waals surface area contributed by atoms with Gasteiger partial charge in [-0.15, -0.1) is 0 Å². The molecule has 0 rings (SSSR count). The van der Waals surface area contributed by atoms with Crippen LogP contribution in [0.3, 0.4) is 0 Å². The predicted octanol–water partition coefficient (Wildman–Crippen LogP) is 0.232. The third kappa shape index (κ3) is 11.6. The van der Waals surface area contributed by atoms with Gasteiger partial charge in [0.1, 0.15) is 0 Å². The van der Waals surface area contributed by atoms with Crippen molar-refractivity contribution in [3.05, 3.63) is 0 Å². The molecule has 1 amide bonds. The Kier molecular flexibility index (Phi) is 8.12. The number of nitrogens with one attached hydrogen (secondary N) is 1. The molecule has 0 radical (unpaired) electrons. The number of carbonyl (C=O) groups is 1. The lowest BCUT2D eigenvalue weighted by molar-refractivity contribution is -0.122. The molecule has 0 aliphatic rings. The van der Waals surface area contributed by atoms with Crippen LogP contribution in [0.25, 0.3) is 0 Å². The highest BCUT2D eigenvalue weighted by Crippen LogP contribution is 2.07. The second-order valence-corrected chi connectivity index (χ2v) is 5.00. The van der Waals surface area contributed by atoms with E-state index < -0.39 is 5.60 Å². The van der Waals surface area contributed by atoms with Crippen molar-refractivity contribution in [2.75, 3.05) is 40.4 Å². The van der Waals surface area contributed by atoms with Gasteiger partial charge in [0.25, 0.3) is 0 Å². The fraction of sp³-hybridized carbons (Fsp3) is 0.917. The summed E-state index contributed by atoms with van der Waals surface area (Å²) in [6.45, 7) is 5.91. The highest BCUT2D eigenvalue weighted by molar-refractivity contribution is 5.77. The molecule has 0 atom stereocenters. The van der Waals surface area contributed by atoms with Crippen LogP contribution in [-0.4, -0.2) is 61.9 Å². The van der Waals surface area contributed by atoms with Crippen LogP contribution in [0.5, 0.6) is 0 Å². The topological polar surface area (TPSA) is 61.8 Å². The molecule has 0 bridgehead atoms. The lowest BCUT2D eigenvalue weighted by atomic mass is 10.1.